The second kappa shape index (κ2) is 9.68. The Bertz CT molecular complexity index is 1060. The number of nitrogens with zero attached hydrogens (tertiary/aromatic N) is 4. The molecule has 166 valence electrons. The summed E-state index contributed by atoms with van der Waals surface area (Å²) in [6.07, 6.45) is 6.90. The van der Waals surface area contributed by atoms with E-state index >= 15 is 0 Å². The molecule has 7 nitrogen and oxygen atoms in total. The van der Waals surface area contributed by atoms with Gasteiger partial charge in [-0.2, -0.15) is 0 Å². The molecule has 1 fully saturated rings. The molecule has 7 heteroatoms. The number of rotatable bonds is 6. The molecule has 1 atom stereocenters. The van der Waals surface area contributed by atoms with Crippen molar-refractivity contribution in [1.82, 2.24) is 19.8 Å². The lowest BCUT2D eigenvalue weighted by Gasteiger charge is -2.32. The highest BCUT2D eigenvalue weighted by Gasteiger charge is 2.30. The first-order valence-electron chi connectivity index (χ1n) is 10.9. The summed E-state index contributed by atoms with van der Waals surface area (Å²) in [5.74, 6) is -0.256. The largest absolute Gasteiger partial charge is 0.378 e. The molecule has 1 aliphatic rings. The topological polar surface area (TPSA) is 70.5 Å². The summed E-state index contributed by atoms with van der Waals surface area (Å²) in [6, 6.07) is 15.6. The molecule has 1 saturated heterocycles. The van der Waals surface area contributed by atoms with Gasteiger partial charge in [-0.3, -0.25) is 14.6 Å². The molecule has 3 heterocycles. The Morgan fingerprint density at radius 2 is 1.94 bits per heavy atom. The van der Waals surface area contributed by atoms with E-state index in [0.717, 1.165) is 29.8 Å². The van der Waals surface area contributed by atoms with Crippen molar-refractivity contribution in [3.05, 3.63) is 78.4 Å². The van der Waals surface area contributed by atoms with Gasteiger partial charge < -0.3 is 19.7 Å². The molecule has 0 saturated carbocycles. The molecule has 0 bridgehead atoms. The highest BCUT2D eigenvalue weighted by Crippen LogP contribution is 2.21. The van der Waals surface area contributed by atoms with Crippen LogP contribution in [-0.2, 0) is 11.3 Å². The first kappa shape index (κ1) is 21.6. The van der Waals surface area contributed by atoms with Gasteiger partial charge >= 0.3 is 0 Å². The van der Waals surface area contributed by atoms with Gasteiger partial charge in [0.15, 0.2) is 0 Å². The van der Waals surface area contributed by atoms with Gasteiger partial charge in [0, 0.05) is 51.8 Å². The Morgan fingerprint density at radius 3 is 2.66 bits per heavy atom. The Labute approximate surface area is 188 Å². The van der Waals surface area contributed by atoms with Gasteiger partial charge in [0.05, 0.1) is 17.8 Å². The summed E-state index contributed by atoms with van der Waals surface area (Å²) in [7, 11) is 4.00. The van der Waals surface area contributed by atoms with Gasteiger partial charge in [-0.25, -0.2) is 0 Å². The van der Waals surface area contributed by atoms with Gasteiger partial charge in [-0.05, 0) is 54.8 Å². The lowest BCUT2D eigenvalue weighted by Crippen LogP contribution is -2.45. The van der Waals surface area contributed by atoms with E-state index in [2.05, 4.69) is 10.3 Å². The zero-order valence-electron chi connectivity index (χ0n) is 18.6. The van der Waals surface area contributed by atoms with Crippen LogP contribution in [0, 0.1) is 5.92 Å². The van der Waals surface area contributed by atoms with Crippen molar-refractivity contribution in [3.63, 3.8) is 0 Å². The number of carbonyl (C=O) groups is 2. The highest BCUT2D eigenvalue weighted by atomic mass is 16.2. The van der Waals surface area contributed by atoms with Crippen LogP contribution in [0.2, 0.25) is 0 Å². The lowest BCUT2D eigenvalue weighted by atomic mass is 9.96. The van der Waals surface area contributed by atoms with Crippen molar-refractivity contribution < 1.29 is 9.59 Å². The third-order valence-electron chi connectivity index (χ3n) is 5.89. The van der Waals surface area contributed by atoms with Crippen LogP contribution in [0.15, 0.2) is 67.1 Å². The quantitative estimate of drug-likeness (QED) is 0.651. The summed E-state index contributed by atoms with van der Waals surface area (Å²) in [4.78, 5) is 34.0. The second-order valence-corrected chi connectivity index (χ2v) is 8.34. The molecule has 0 unspecified atom stereocenters. The fourth-order valence-electron chi connectivity index (χ4n) is 4.06. The van der Waals surface area contributed by atoms with E-state index in [1.165, 1.54) is 0 Å². The van der Waals surface area contributed by atoms with Crippen LogP contribution >= 0.6 is 0 Å². The summed E-state index contributed by atoms with van der Waals surface area (Å²) in [5, 5.41) is 3.04. The van der Waals surface area contributed by atoms with Crippen molar-refractivity contribution in [2.45, 2.75) is 19.4 Å². The van der Waals surface area contributed by atoms with Gasteiger partial charge in [-0.1, -0.05) is 12.1 Å². The Kier molecular flexibility index (Phi) is 6.54. The van der Waals surface area contributed by atoms with Crippen LogP contribution in [0.25, 0.3) is 5.69 Å². The van der Waals surface area contributed by atoms with E-state index in [-0.39, 0.29) is 17.7 Å². The fourth-order valence-corrected chi connectivity index (χ4v) is 4.06. The molecule has 32 heavy (non-hydrogen) atoms. The summed E-state index contributed by atoms with van der Waals surface area (Å²) >= 11 is 0. The Morgan fingerprint density at radius 1 is 1.12 bits per heavy atom. The number of pyridine rings is 1. The Balaban J connectivity index is 1.37. The molecule has 2 aromatic heterocycles. The fraction of sp³-hybridized carbons (Fsp3) is 0.320. The van der Waals surface area contributed by atoms with Gasteiger partial charge in [-0.15, -0.1) is 0 Å². The SMILES string of the molecule is CN(C)c1ccc(CNC(=O)[C@H]2CCCN(C(=O)c3cccn3-c3cccnc3)C2)cc1. The average Bonchev–Trinajstić information content (AvgIpc) is 3.33. The van der Waals surface area contributed by atoms with E-state index in [1.807, 2.05) is 78.3 Å². The third kappa shape index (κ3) is 4.82. The number of anilines is 1. The highest BCUT2D eigenvalue weighted by molar-refractivity contribution is 5.94. The molecular formula is C25H29N5O2. The van der Waals surface area contributed by atoms with Gasteiger partial charge in [0.1, 0.15) is 5.69 Å². The number of benzene rings is 1. The van der Waals surface area contributed by atoms with E-state index < -0.39 is 0 Å². The minimum atomic E-state index is -0.199. The summed E-state index contributed by atoms with van der Waals surface area (Å²) in [6.45, 7) is 1.58. The molecule has 4 rings (SSSR count). The number of hydrogen-bond donors (Lipinski definition) is 1. The zero-order valence-corrected chi connectivity index (χ0v) is 18.6. The van der Waals surface area contributed by atoms with Crippen LogP contribution in [0.3, 0.4) is 0 Å². The van der Waals surface area contributed by atoms with E-state index in [4.69, 9.17) is 0 Å². The molecule has 1 aromatic carbocycles. The minimum Gasteiger partial charge on any atom is -0.378 e. The molecule has 0 radical (unpaired) electrons. The van der Waals surface area contributed by atoms with E-state index in [9.17, 15) is 9.59 Å². The van der Waals surface area contributed by atoms with Crippen LogP contribution in [0.4, 0.5) is 5.69 Å². The second-order valence-electron chi connectivity index (χ2n) is 8.34. The third-order valence-corrected chi connectivity index (χ3v) is 5.89. The van der Waals surface area contributed by atoms with Crippen LogP contribution in [-0.4, -0.2) is 53.5 Å². The first-order valence-corrected chi connectivity index (χ1v) is 10.9. The minimum absolute atomic E-state index is 0.00169. The van der Waals surface area contributed by atoms with Crippen molar-refractivity contribution in [2.75, 3.05) is 32.1 Å². The molecule has 2 amide bonds. The number of nitrogens with one attached hydrogen (secondary N) is 1. The van der Waals surface area contributed by atoms with Crippen molar-refractivity contribution in [1.29, 1.82) is 0 Å². The number of likely N-dealkylation sites (tertiary alicyclic amines) is 1. The van der Waals surface area contributed by atoms with E-state index in [0.29, 0.717) is 25.3 Å². The monoisotopic (exact) mass is 431 g/mol. The maximum Gasteiger partial charge on any atom is 0.270 e. The molecule has 0 aliphatic carbocycles. The molecule has 1 aliphatic heterocycles. The summed E-state index contributed by atoms with van der Waals surface area (Å²) in [5.41, 5.74) is 3.60. The maximum atomic E-state index is 13.2. The number of hydrogen-bond acceptors (Lipinski definition) is 4. The van der Waals surface area contributed by atoms with Crippen LogP contribution in [0.5, 0.6) is 0 Å². The van der Waals surface area contributed by atoms with Crippen LogP contribution in [0.1, 0.15) is 28.9 Å². The van der Waals surface area contributed by atoms with Crippen molar-refractivity contribution >= 4 is 17.5 Å². The molecule has 3 aromatic rings. The maximum absolute atomic E-state index is 13.2. The number of carbonyl (C=O) groups excluding carboxylic acids is 2. The standard InChI is InChI=1S/C25H29N5O2/c1-28(2)21-11-9-19(10-12-21)16-27-24(31)20-6-4-14-29(18-20)25(32)23-8-5-15-30(23)22-7-3-13-26-17-22/h3,5,7-13,15,17,20H,4,6,14,16,18H2,1-2H3,(H,27,31)/t20-/m0/s1. The van der Waals surface area contributed by atoms with Gasteiger partial charge in [0.2, 0.25) is 5.91 Å². The summed E-state index contributed by atoms with van der Waals surface area (Å²) < 4.78 is 1.84. The zero-order chi connectivity index (χ0) is 22.5. The number of piperidine rings is 1. The molecule has 1 N–H and O–H groups in total. The first-order chi connectivity index (χ1) is 15.5. The van der Waals surface area contributed by atoms with Crippen molar-refractivity contribution in [3.8, 4) is 5.69 Å². The number of aromatic nitrogens is 2. The molecule has 0 spiro atoms. The predicted molar refractivity (Wildman–Crippen MR) is 125 cm³/mol. The van der Waals surface area contributed by atoms with Crippen molar-refractivity contribution in [2.24, 2.45) is 5.92 Å². The lowest BCUT2D eigenvalue weighted by molar-refractivity contribution is -0.126. The number of amides is 2. The van der Waals surface area contributed by atoms with E-state index in [1.54, 1.807) is 17.3 Å². The normalized spacial score (nSPS) is 15.9. The predicted octanol–water partition coefficient (Wildman–Crippen LogP) is 3.11. The Hall–Kier alpha value is -3.61. The van der Waals surface area contributed by atoms with Crippen LogP contribution < -0.4 is 10.2 Å². The molecular weight excluding hydrogens is 402 g/mol. The van der Waals surface area contributed by atoms with Gasteiger partial charge in [0.25, 0.3) is 5.91 Å². The average molecular weight is 432 g/mol. The smallest absolute Gasteiger partial charge is 0.270 e.